The van der Waals surface area contributed by atoms with E-state index in [-0.39, 0.29) is 25.1 Å². The molecule has 0 spiro atoms. The van der Waals surface area contributed by atoms with Gasteiger partial charge in [-0.05, 0) is 48.3 Å². The lowest BCUT2D eigenvalue weighted by atomic mass is 10.2. The molecule has 2 aromatic carbocycles. The molecule has 6 nitrogen and oxygen atoms in total. The van der Waals surface area contributed by atoms with Crippen LogP contribution < -0.4 is 25.3 Å². The van der Waals surface area contributed by atoms with E-state index in [1.165, 1.54) is 0 Å². The molecular weight excluding hydrogens is 388 g/mol. The molecule has 0 aliphatic carbocycles. The van der Waals surface area contributed by atoms with Gasteiger partial charge in [0.1, 0.15) is 12.4 Å². The number of benzene rings is 2. The number of nitrogens with one attached hydrogen (secondary N) is 1. The van der Waals surface area contributed by atoms with Gasteiger partial charge in [0.25, 0.3) is 0 Å². The van der Waals surface area contributed by atoms with Gasteiger partial charge in [-0.15, -0.1) is 12.4 Å². The highest BCUT2D eigenvalue weighted by molar-refractivity contribution is 7.98. The second-order valence-corrected chi connectivity index (χ2v) is 6.87. The van der Waals surface area contributed by atoms with Gasteiger partial charge < -0.3 is 25.3 Å². The van der Waals surface area contributed by atoms with Crippen LogP contribution in [0, 0.1) is 0 Å². The number of carbonyl (C=O) groups excluding carboxylic acids is 1. The van der Waals surface area contributed by atoms with Crippen molar-refractivity contribution in [3.63, 3.8) is 0 Å². The largest absolute Gasteiger partial charge is 0.489 e. The van der Waals surface area contributed by atoms with Gasteiger partial charge in [0.15, 0.2) is 11.5 Å². The van der Waals surface area contributed by atoms with Crippen LogP contribution in [0.1, 0.15) is 12.0 Å². The average Bonchev–Trinajstić information content (AvgIpc) is 3.12. The van der Waals surface area contributed by atoms with E-state index in [0.29, 0.717) is 30.2 Å². The Balaban J connectivity index is 0.00000261. The molecular formula is C19H23ClN2O4S. The van der Waals surface area contributed by atoms with Crippen LogP contribution in [0.2, 0.25) is 0 Å². The van der Waals surface area contributed by atoms with Crippen LogP contribution in [-0.4, -0.2) is 30.8 Å². The molecule has 1 heterocycles. The molecule has 1 atom stereocenters. The minimum Gasteiger partial charge on any atom is -0.489 e. The minimum atomic E-state index is -0.504. The molecule has 8 heteroatoms. The first-order chi connectivity index (χ1) is 12.7. The number of amides is 1. The number of carbonyl (C=O) groups is 1. The molecule has 0 aromatic heterocycles. The van der Waals surface area contributed by atoms with Crippen LogP contribution in [0.3, 0.4) is 0 Å². The number of rotatable bonds is 8. The lowest BCUT2D eigenvalue weighted by molar-refractivity contribution is -0.117. The van der Waals surface area contributed by atoms with Crippen molar-refractivity contribution in [2.45, 2.75) is 19.1 Å². The standard InChI is InChI=1S/C19H22N2O4S.ClH/c1-26-8-7-16(20)19(22)21-14-4-2-3-13(9-14)11-23-15-5-6-17-18(10-15)25-12-24-17;/h2-6,9-10,16H,7-8,11-12,20H2,1H3,(H,21,22);1H/t16-;/m0./s1. The number of fused-ring (bicyclic) bond motifs is 1. The van der Waals surface area contributed by atoms with Gasteiger partial charge in [-0.25, -0.2) is 0 Å². The Morgan fingerprint density at radius 2 is 2.07 bits per heavy atom. The van der Waals surface area contributed by atoms with Gasteiger partial charge in [-0.2, -0.15) is 11.8 Å². The van der Waals surface area contributed by atoms with E-state index in [4.69, 9.17) is 19.9 Å². The Kier molecular flexibility index (Phi) is 8.09. The summed E-state index contributed by atoms with van der Waals surface area (Å²) in [5, 5.41) is 2.86. The monoisotopic (exact) mass is 410 g/mol. The molecule has 27 heavy (non-hydrogen) atoms. The second kappa shape index (κ2) is 10.3. The zero-order chi connectivity index (χ0) is 18.4. The van der Waals surface area contributed by atoms with E-state index in [0.717, 1.165) is 17.1 Å². The SMILES string of the molecule is CSCC[C@H](N)C(=O)Nc1cccc(COc2ccc3c(c2)OCO3)c1.Cl. The van der Waals surface area contributed by atoms with E-state index in [2.05, 4.69) is 5.32 Å². The van der Waals surface area contributed by atoms with Gasteiger partial charge in [-0.1, -0.05) is 12.1 Å². The third-order valence-corrected chi connectivity index (χ3v) is 4.56. The molecule has 3 rings (SSSR count). The summed E-state index contributed by atoms with van der Waals surface area (Å²) in [7, 11) is 0. The Hall–Kier alpha value is -2.09. The summed E-state index contributed by atoms with van der Waals surface area (Å²) < 4.78 is 16.4. The van der Waals surface area contributed by atoms with Crippen LogP contribution in [-0.2, 0) is 11.4 Å². The van der Waals surface area contributed by atoms with E-state index in [1.807, 2.05) is 42.7 Å². The van der Waals surface area contributed by atoms with E-state index >= 15 is 0 Å². The van der Waals surface area contributed by atoms with Crippen LogP contribution in [0.25, 0.3) is 0 Å². The Morgan fingerprint density at radius 3 is 2.89 bits per heavy atom. The minimum absolute atomic E-state index is 0. The molecule has 0 radical (unpaired) electrons. The molecule has 1 aliphatic heterocycles. The third kappa shape index (κ3) is 5.95. The maximum Gasteiger partial charge on any atom is 0.241 e. The average molecular weight is 411 g/mol. The predicted octanol–water partition coefficient (Wildman–Crippen LogP) is 3.44. The summed E-state index contributed by atoms with van der Waals surface area (Å²) in [6.45, 7) is 0.613. The highest BCUT2D eigenvalue weighted by Gasteiger charge is 2.14. The van der Waals surface area contributed by atoms with Gasteiger partial charge in [-0.3, -0.25) is 4.79 Å². The van der Waals surface area contributed by atoms with Crippen LogP contribution in [0.15, 0.2) is 42.5 Å². The highest BCUT2D eigenvalue weighted by Crippen LogP contribution is 2.35. The number of nitrogens with two attached hydrogens (primary N) is 1. The highest BCUT2D eigenvalue weighted by atomic mass is 35.5. The molecule has 2 aromatic rings. The van der Waals surface area contributed by atoms with Crippen molar-refractivity contribution >= 4 is 35.8 Å². The van der Waals surface area contributed by atoms with Crippen molar-refractivity contribution in [2.24, 2.45) is 5.73 Å². The zero-order valence-electron chi connectivity index (χ0n) is 15.0. The molecule has 1 amide bonds. The number of ether oxygens (including phenoxy) is 3. The fourth-order valence-corrected chi connectivity index (χ4v) is 2.97. The molecule has 3 N–H and O–H groups in total. The fraction of sp³-hybridized carbons (Fsp3) is 0.316. The van der Waals surface area contributed by atoms with E-state index in [1.54, 1.807) is 17.8 Å². The van der Waals surface area contributed by atoms with Crippen LogP contribution in [0.5, 0.6) is 17.2 Å². The number of anilines is 1. The fourth-order valence-electron chi connectivity index (χ4n) is 2.48. The lowest BCUT2D eigenvalue weighted by Gasteiger charge is -2.13. The Morgan fingerprint density at radius 1 is 1.26 bits per heavy atom. The summed E-state index contributed by atoms with van der Waals surface area (Å²) in [6, 6.07) is 12.5. The van der Waals surface area contributed by atoms with Gasteiger partial charge in [0, 0.05) is 11.8 Å². The summed E-state index contributed by atoms with van der Waals surface area (Å²) in [4.78, 5) is 12.1. The topological polar surface area (TPSA) is 82.8 Å². The van der Waals surface area contributed by atoms with Gasteiger partial charge in [0.2, 0.25) is 12.7 Å². The Labute approximate surface area is 169 Å². The maximum absolute atomic E-state index is 12.1. The maximum atomic E-state index is 12.1. The van der Waals surface area contributed by atoms with Crippen molar-refractivity contribution < 1.29 is 19.0 Å². The van der Waals surface area contributed by atoms with Gasteiger partial charge in [0.05, 0.1) is 6.04 Å². The number of thioether (sulfide) groups is 1. The summed E-state index contributed by atoms with van der Waals surface area (Å²) >= 11 is 1.67. The number of hydrogen-bond acceptors (Lipinski definition) is 6. The summed E-state index contributed by atoms with van der Waals surface area (Å²) in [6.07, 6.45) is 2.65. The lowest BCUT2D eigenvalue weighted by Crippen LogP contribution is -2.36. The molecule has 0 unspecified atom stereocenters. The van der Waals surface area contributed by atoms with Crippen molar-refractivity contribution in [2.75, 3.05) is 24.1 Å². The third-order valence-electron chi connectivity index (χ3n) is 3.91. The van der Waals surface area contributed by atoms with Crippen molar-refractivity contribution in [3.05, 3.63) is 48.0 Å². The zero-order valence-corrected chi connectivity index (χ0v) is 16.6. The number of hydrogen-bond donors (Lipinski definition) is 2. The smallest absolute Gasteiger partial charge is 0.241 e. The van der Waals surface area contributed by atoms with Crippen LogP contribution in [0.4, 0.5) is 5.69 Å². The normalized spacial score (nSPS) is 12.8. The first-order valence-electron chi connectivity index (χ1n) is 8.32. The molecule has 0 saturated carbocycles. The quantitative estimate of drug-likeness (QED) is 0.693. The molecule has 0 saturated heterocycles. The summed E-state index contributed by atoms with van der Waals surface area (Å²) in [5.41, 5.74) is 7.55. The molecule has 0 fully saturated rings. The predicted molar refractivity (Wildman–Crippen MR) is 110 cm³/mol. The molecule has 146 valence electrons. The van der Waals surface area contributed by atoms with E-state index < -0.39 is 6.04 Å². The Bertz CT molecular complexity index is 775. The number of halogens is 1. The van der Waals surface area contributed by atoms with Crippen LogP contribution >= 0.6 is 24.2 Å². The molecule has 0 bridgehead atoms. The summed E-state index contributed by atoms with van der Waals surface area (Å²) in [5.74, 6) is 2.79. The van der Waals surface area contributed by atoms with Gasteiger partial charge >= 0.3 is 0 Å². The van der Waals surface area contributed by atoms with Crippen molar-refractivity contribution in [3.8, 4) is 17.2 Å². The second-order valence-electron chi connectivity index (χ2n) is 5.88. The van der Waals surface area contributed by atoms with E-state index in [9.17, 15) is 4.79 Å². The molecule has 1 aliphatic rings. The van der Waals surface area contributed by atoms with Crippen molar-refractivity contribution in [1.29, 1.82) is 0 Å². The first-order valence-corrected chi connectivity index (χ1v) is 9.72. The first kappa shape index (κ1) is 21.2. The van der Waals surface area contributed by atoms with Crippen molar-refractivity contribution in [1.82, 2.24) is 0 Å².